The molecule has 0 saturated carbocycles. The normalized spacial score (nSPS) is 12.8. The maximum atomic E-state index is 11.3. The molecule has 3 nitrogen and oxygen atoms in total. The first-order valence-electron chi connectivity index (χ1n) is 10.3. The van der Waals surface area contributed by atoms with Gasteiger partial charge in [0.05, 0.1) is 0 Å². The molecule has 0 aromatic heterocycles. The zero-order valence-corrected chi connectivity index (χ0v) is 16.0. The van der Waals surface area contributed by atoms with Crippen LogP contribution in [0.15, 0.2) is 12.2 Å². The molecule has 1 amide bonds. The number of allylic oxidation sites excluding steroid dienone is 2. The van der Waals surface area contributed by atoms with Crippen molar-refractivity contribution >= 4 is 5.91 Å². The molecule has 1 unspecified atom stereocenters. The van der Waals surface area contributed by atoms with Gasteiger partial charge in [-0.15, -0.1) is 0 Å². The first-order valence-corrected chi connectivity index (χ1v) is 10.3. The number of primary amides is 1. The number of carbonyl (C=O) groups is 1. The van der Waals surface area contributed by atoms with Gasteiger partial charge in [-0.25, -0.2) is 0 Å². The van der Waals surface area contributed by atoms with Gasteiger partial charge in [-0.05, 0) is 44.9 Å². The van der Waals surface area contributed by atoms with Crippen LogP contribution in [0.4, 0.5) is 0 Å². The van der Waals surface area contributed by atoms with E-state index in [1.807, 2.05) is 0 Å². The molecule has 3 heteroatoms. The van der Waals surface area contributed by atoms with Crippen molar-refractivity contribution in [1.82, 2.24) is 0 Å². The first-order chi connectivity index (χ1) is 11.7. The number of carbonyl (C=O) groups excluding carboxylic acids is 1. The standard InChI is InChI=1S/C21H41NO2/c1-2-3-4-5-6-7-8-9-10-11-12-13-14-15-17-20(21(22)24)18-16-19-23/h9-10,20,23H,2-8,11-19H2,1H3,(H2,22,24)/b10-9-. The Morgan fingerprint density at radius 1 is 0.833 bits per heavy atom. The van der Waals surface area contributed by atoms with Gasteiger partial charge < -0.3 is 10.8 Å². The summed E-state index contributed by atoms with van der Waals surface area (Å²) in [5.74, 6) is -0.254. The molecule has 0 aliphatic carbocycles. The fourth-order valence-electron chi connectivity index (χ4n) is 3.05. The number of unbranched alkanes of at least 4 members (excludes halogenated alkanes) is 10. The second-order valence-corrected chi connectivity index (χ2v) is 6.98. The molecule has 0 spiro atoms. The van der Waals surface area contributed by atoms with Crippen molar-refractivity contribution in [3.8, 4) is 0 Å². The molecular weight excluding hydrogens is 298 g/mol. The van der Waals surface area contributed by atoms with Crippen molar-refractivity contribution in [2.75, 3.05) is 6.61 Å². The summed E-state index contributed by atoms with van der Waals surface area (Å²) < 4.78 is 0. The number of amides is 1. The Morgan fingerprint density at radius 3 is 1.88 bits per heavy atom. The number of aliphatic hydroxyl groups excluding tert-OH is 1. The molecule has 0 rings (SSSR count). The SMILES string of the molecule is CCCCCCCC/C=C\CCCCCCC(CCCO)C(N)=O. The molecule has 0 aliphatic heterocycles. The fraction of sp³-hybridized carbons (Fsp3) is 0.857. The Morgan fingerprint density at radius 2 is 1.33 bits per heavy atom. The summed E-state index contributed by atoms with van der Waals surface area (Å²) in [5, 5.41) is 8.83. The molecule has 0 aromatic rings. The van der Waals surface area contributed by atoms with Gasteiger partial charge in [0.1, 0.15) is 0 Å². The summed E-state index contributed by atoms with van der Waals surface area (Å²) in [4.78, 5) is 11.3. The van der Waals surface area contributed by atoms with Crippen LogP contribution in [-0.2, 0) is 4.79 Å². The van der Waals surface area contributed by atoms with E-state index in [-0.39, 0.29) is 18.4 Å². The molecule has 0 aromatic carbocycles. The Balaban J connectivity index is 3.37. The minimum Gasteiger partial charge on any atom is -0.396 e. The van der Waals surface area contributed by atoms with Gasteiger partial charge in [0.15, 0.2) is 0 Å². The van der Waals surface area contributed by atoms with E-state index in [4.69, 9.17) is 10.8 Å². The van der Waals surface area contributed by atoms with Crippen molar-refractivity contribution in [1.29, 1.82) is 0 Å². The lowest BCUT2D eigenvalue weighted by Crippen LogP contribution is -2.23. The third kappa shape index (κ3) is 16.0. The molecule has 0 saturated heterocycles. The third-order valence-electron chi connectivity index (χ3n) is 4.68. The molecule has 24 heavy (non-hydrogen) atoms. The predicted molar refractivity (Wildman–Crippen MR) is 104 cm³/mol. The minimum atomic E-state index is -0.207. The largest absolute Gasteiger partial charge is 0.396 e. The molecule has 3 N–H and O–H groups in total. The second kappa shape index (κ2) is 18.5. The Labute approximate surface area is 150 Å². The third-order valence-corrected chi connectivity index (χ3v) is 4.68. The van der Waals surface area contributed by atoms with Gasteiger partial charge in [-0.1, -0.05) is 70.4 Å². The van der Waals surface area contributed by atoms with Crippen molar-refractivity contribution in [2.24, 2.45) is 11.7 Å². The zero-order valence-electron chi connectivity index (χ0n) is 16.0. The quantitative estimate of drug-likeness (QED) is 0.255. The first kappa shape index (κ1) is 23.2. The minimum absolute atomic E-state index is 0.0469. The molecule has 0 aliphatic rings. The summed E-state index contributed by atoms with van der Waals surface area (Å²) in [6.45, 7) is 2.41. The van der Waals surface area contributed by atoms with E-state index >= 15 is 0 Å². The van der Waals surface area contributed by atoms with E-state index < -0.39 is 0 Å². The number of hydrogen-bond donors (Lipinski definition) is 2. The lowest BCUT2D eigenvalue weighted by molar-refractivity contribution is -0.122. The lowest BCUT2D eigenvalue weighted by atomic mass is 9.95. The summed E-state index contributed by atoms with van der Waals surface area (Å²) >= 11 is 0. The number of nitrogens with two attached hydrogens (primary N) is 1. The van der Waals surface area contributed by atoms with Crippen LogP contribution in [0.1, 0.15) is 103 Å². The maximum absolute atomic E-state index is 11.3. The lowest BCUT2D eigenvalue weighted by Gasteiger charge is -2.12. The number of rotatable bonds is 18. The average Bonchev–Trinajstić information content (AvgIpc) is 2.57. The highest BCUT2D eigenvalue weighted by Gasteiger charge is 2.13. The number of aliphatic hydroxyl groups is 1. The van der Waals surface area contributed by atoms with Crippen molar-refractivity contribution in [3.63, 3.8) is 0 Å². The monoisotopic (exact) mass is 339 g/mol. The van der Waals surface area contributed by atoms with Crippen LogP contribution in [0.2, 0.25) is 0 Å². The summed E-state index contributed by atoms with van der Waals surface area (Å²) in [7, 11) is 0. The molecule has 0 radical (unpaired) electrons. The van der Waals surface area contributed by atoms with Crippen LogP contribution in [0, 0.1) is 5.92 Å². The Bertz CT molecular complexity index is 302. The van der Waals surface area contributed by atoms with E-state index in [2.05, 4.69) is 19.1 Å². The van der Waals surface area contributed by atoms with E-state index in [0.717, 1.165) is 19.3 Å². The topological polar surface area (TPSA) is 63.3 Å². The Hall–Kier alpha value is -0.830. The predicted octanol–water partition coefficient (Wildman–Crippen LogP) is 5.51. The highest BCUT2D eigenvalue weighted by atomic mass is 16.3. The van der Waals surface area contributed by atoms with Crippen LogP contribution in [-0.4, -0.2) is 17.6 Å². The molecular formula is C21H41NO2. The van der Waals surface area contributed by atoms with Gasteiger partial charge >= 0.3 is 0 Å². The zero-order chi connectivity index (χ0) is 17.9. The molecule has 0 fully saturated rings. The molecule has 142 valence electrons. The number of hydrogen-bond acceptors (Lipinski definition) is 2. The van der Waals surface area contributed by atoms with Gasteiger partial charge in [-0.2, -0.15) is 0 Å². The van der Waals surface area contributed by atoms with Crippen LogP contribution < -0.4 is 5.73 Å². The fourth-order valence-corrected chi connectivity index (χ4v) is 3.05. The van der Waals surface area contributed by atoms with Crippen molar-refractivity contribution in [3.05, 3.63) is 12.2 Å². The second-order valence-electron chi connectivity index (χ2n) is 6.98. The highest BCUT2D eigenvalue weighted by molar-refractivity contribution is 5.76. The van der Waals surface area contributed by atoms with Crippen LogP contribution in [0.3, 0.4) is 0 Å². The average molecular weight is 340 g/mol. The van der Waals surface area contributed by atoms with Gasteiger partial charge in [0.25, 0.3) is 0 Å². The van der Waals surface area contributed by atoms with E-state index in [9.17, 15) is 4.79 Å². The van der Waals surface area contributed by atoms with Gasteiger partial charge in [0, 0.05) is 12.5 Å². The van der Waals surface area contributed by atoms with Crippen LogP contribution in [0.5, 0.6) is 0 Å². The van der Waals surface area contributed by atoms with E-state index in [0.29, 0.717) is 6.42 Å². The van der Waals surface area contributed by atoms with Crippen LogP contribution >= 0.6 is 0 Å². The molecule has 0 bridgehead atoms. The molecule has 1 atom stereocenters. The summed E-state index contributed by atoms with van der Waals surface area (Å²) in [6, 6.07) is 0. The van der Waals surface area contributed by atoms with Gasteiger partial charge in [-0.3, -0.25) is 4.79 Å². The van der Waals surface area contributed by atoms with Gasteiger partial charge in [0.2, 0.25) is 5.91 Å². The molecule has 0 heterocycles. The summed E-state index contributed by atoms with van der Waals surface area (Å²) in [6.07, 6.45) is 22.3. The van der Waals surface area contributed by atoms with Crippen molar-refractivity contribution < 1.29 is 9.90 Å². The smallest absolute Gasteiger partial charge is 0.220 e. The summed E-state index contributed by atoms with van der Waals surface area (Å²) in [5.41, 5.74) is 5.40. The highest BCUT2D eigenvalue weighted by Crippen LogP contribution is 2.16. The Kier molecular flexibility index (Phi) is 17.9. The van der Waals surface area contributed by atoms with E-state index in [1.165, 1.54) is 70.6 Å². The van der Waals surface area contributed by atoms with Crippen molar-refractivity contribution in [2.45, 2.75) is 103 Å². The maximum Gasteiger partial charge on any atom is 0.220 e. The van der Waals surface area contributed by atoms with Crippen LogP contribution in [0.25, 0.3) is 0 Å². The van der Waals surface area contributed by atoms with E-state index in [1.54, 1.807) is 0 Å².